The van der Waals surface area contributed by atoms with Gasteiger partial charge in [0.2, 0.25) is 5.78 Å². The number of aliphatic hydroxyl groups is 2. The van der Waals surface area contributed by atoms with Gasteiger partial charge in [-0.2, -0.15) is 0 Å². The second kappa shape index (κ2) is 11.5. The second-order valence-corrected chi connectivity index (χ2v) is 9.17. The number of nitrogens with zero attached hydrogens (tertiary/aromatic N) is 1. The van der Waals surface area contributed by atoms with Crippen molar-refractivity contribution in [3.8, 4) is 0 Å². The van der Waals surface area contributed by atoms with Crippen LogP contribution in [-0.2, 0) is 22.6 Å². The van der Waals surface area contributed by atoms with Crippen molar-refractivity contribution >= 4 is 17.4 Å². The third-order valence-electron chi connectivity index (χ3n) is 6.41. The first kappa shape index (κ1) is 26.9. The summed E-state index contributed by atoms with van der Waals surface area (Å²) in [5.41, 5.74) is -0.595. The standard InChI is InChI=1S/C28H25F3N2O5/c29-19-9-8-17(22(31)12-19)10-16-11-20(28(38)33(14-16)15-18-4-1-2-5-21(18)30)25(35)13-26(36)27(37)32-23-6-3-7-24(23)34/h1-2,4-5,8-9,11-14,23-24,34-35H,3,6-7,10,15H2,(H,32,37)/t23-,24-/m0/s1. The molecular formula is C28H25F3N2O5. The summed E-state index contributed by atoms with van der Waals surface area (Å²) in [6.07, 6.45) is 2.72. The van der Waals surface area contributed by atoms with Crippen molar-refractivity contribution in [1.82, 2.24) is 9.88 Å². The summed E-state index contributed by atoms with van der Waals surface area (Å²) >= 11 is 0. The number of hydrogen-bond acceptors (Lipinski definition) is 5. The van der Waals surface area contributed by atoms with Crippen LogP contribution in [0.4, 0.5) is 13.2 Å². The molecule has 3 aromatic rings. The Labute approximate surface area is 215 Å². The average Bonchev–Trinajstić information content (AvgIpc) is 3.27. The van der Waals surface area contributed by atoms with Gasteiger partial charge in [-0.1, -0.05) is 24.3 Å². The maximum absolute atomic E-state index is 14.3. The average molecular weight is 527 g/mol. The Bertz CT molecular complexity index is 1470. The van der Waals surface area contributed by atoms with Crippen LogP contribution in [0.3, 0.4) is 0 Å². The molecule has 1 aliphatic rings. The minimum Gasteiger partial charge on any atom is -0.507 e. The number of ketones is 1. The van der Waals surface area contributed by atoms with Crippen LogP contribution in [-0.4, -0.2) is 38.6 Å². The van der Waals surface area contributed by atoms with E-state index in [1.165, 1.54) is 36.5 Å². The zero-order chi connectivity index (χ0) is 27.4. The molecule has 1 fully saturated rings. The third kappa shape index (κ3) is 6.20. The Morgan fingerprint density at radius 2 is 1.79 bits per heavy atom. The van der Waals surface area contributed by atoms with Gasteiger partial charge in [-0.15, -0.1) is 0 Å². The highest BCUT2D eigenvalue weighted by Gasteiger charge is 2.28. The van der Waals surface area contributed by atoms with Crippen molar-refractivity contribution < 1.29 is 33.0 Å². The molecule has 4 rings (SSSR count). The summed E-state index contributed by atoms with van der Waals surface area (Å²) < 4.78 is 43.0. The third-order valence-corrected chi connectivity index (χ3v) is 6.41. The summed E-state index contributed by atoms with van der Waals surface area (Å²) in [7, 11) is 0. The topological polar surface area (TPSA) is 109 Å². The lowest BCUT2D eigenvalue weighted by molar-refractivity contribution is -0.136. The van der Waals surface area contributed by atoms with Crippen LogP contribution >= 0.6 is 0 Å². The van der Waals surface area contributed by atoms with E-state index < -0.39 is 52.6 Å². The van der Waals surface area contributed by atoms with Crippen molar-refractivity contribution in [3.63, 3.8) is 0 Å². The van der Waals surface area contributed by atoms with E-state index in [0.717, 1.165) is 10.6 Å². The molecular weight excluding hydrogens is 501 g/mol. The van der Waals surface area contributed by atoms with Gasteiger partial charge in [-0.3, -0.25) is 14.4 Å². The van der Waals surface area contributed by atoms with E-state index in [1.807, 2.05) is 0 Å². The van der Waals surface area contributed by atoms with Crippen molar-refractivity contribution in [1.29, 1.82) is 0 Å². The monoisotopic (exact) mass is 526 g/mol. The van der Waals surface area contributed by atoms with Gasteiger partial charge in [-0.05, 0) is 48.6 Å². The second-order valence-electron chi connectivity index (χ2n) is 9.17. The number of nitrogens with one attached hydrogen (secondary N) is 1. The summed E-state index contributed by atoms with van der Waals surface area (Å²) in [6.45, 7) is -0.237. The van der Waals surface area contributed by atoms with Gasteiger partial charge in [0, 0.05) is 30.3 Å². The van der Waals surface area contributed by atoms with E-state index in [-0.39, 0.29) is 29.7 Å². The molecule has 2 aromatic carbocycles. The van der Waals surface area contributed by atoms with Crippen molar-refractivity contribution in [2.24, 2.45) is 0 Å². The fourth-order valence-corrected chi connectivity index (χ4v) is 4.41. The van der Waals surface area contributed by atoms with Crippen molar-refractivity contribution in [2.45, 2.75) is 44.4 Å². The Hall–Kier alpha value is -4.18. The molecule has 7 nitrogen and oxygen atoms in total. The molecule has 0 saturated heterocycles. The van der Waals surface area contributed by atoms with Gasteiger partial charge in [0.1, 0.15) is 23.2 Å². The zero-order valence-electron chi connectivity index (χ0n) is 20.2. The van der Waals surface area contributed by atoms with Crippen LogP contribution in [0.25, 0.3) is 5.76 Å². The van der Waals surface area contributed by atoms with Gasteiger partial charge in [0.15, 0.2) is 0 Å². The number of amides is 1. The SMILES string of the molecule is O=C(C=C(O)c1cc(Cc2ccc(F)cc2F)cn(Cc2ccccc2F)c1=O)C(=O)N[C@H]1CCC[C@@H]1O. The molecule has 10 heteroatoms. The molecule has 0 spiro atoms. The number of rotatable bonds is 8. The lowest BCUT2D eigenvalue weighted by Gasteiger charge is -2.15. The Morgan fingerprint density at radius 1 is 1.03 bits per heavy atom. The number of pyridine rings is 1. The summed E-state index contributed by atoms with van der Waals surface area (Å²) in [5, 5.41) is 22.9. The highest BCUT2D eigenvalue weighted by molar-refractivity contribution is 6.41. The minimum absolute atomic E-state index is 0.0995. The molecule has 38 heavy (non-hydrogen) atoms. The van der Waals surface area contributed by atoms with Crippen LogP contribution in [0.5, 0.6) is 0 Å². The molecule has 1 aliphatic carbocycles. The van der Waals surface area contributed by atoms with Gasteiger partial charge in [0.05, 0.1) is 24.3 Å². The lowest BCUT2D eigenvalue weighted by Crippen LogP contribution is -2.42. The van der Waals surface area contributed by atoms with Crippen LogP contribution in [0.1, 0.15) is 41.5 Å². The van der Waals surface area contributed by atoms with Gasteiger partial charge in [0.25, 0.3) is 11.5 Å². The van der Waals surface area contributed by atoms with E-state index in [1.54, 1.807) is 6.07 Å². The number of hydrogen-bond donors (Lipinski definition) is 3. The quantitative estimate of drug-likeness (QED) is 0.237. The Kier molecular flexibility index (Phi) is 8.11. The number of halogens is 3. The summed E-state index contributed by atoms with van der Waals surface area (Å²) in [4.78, 5) is 37.9. The van der Waals surface area contributed by atoms with Crippen LogP contribution in [0.15, 0.2) is 65.6 Å². The first-order chi connectivity index (χ1) is 18.1. The first-order valence-corrected chi connectivity index (χ1v) is 12.0. The maximum Gasteiger partial charge on any atom is 0.292 e. The van der Waals surface area contributed by atoms with E-state index >= 15 is 0 Å². The van der Waals surface area contributed by atoms with E-state index in [4.69, 9.17) is 0 Å². The minimum atomic E-state index is -1.14. The molecule has 0 aliphatic heterocycles. The summed E-state index contributed by atoms with van der Waals surface area (Å²) in [6, 6.07) is 9.40. The van der Waals surface area contributed by atoms with Crippen molar-refractivity contribution in [2.75, 3.05) is 0 Å². The number of carbonyl (C=O) groups excluding carboxylic acids is 2. The van der Waals surface area contributed by atoms with Crippen LogP contribution in [0.2, 0.25) is 0 Å². The number of aliphatic hydroxyl groups excluding tert-OH is 2. The predicted molar refractivity (Wildman–Crippen MR) is 133 cm³/mol. The number of aromatic nitrogens is 1. The first-order valence-electron chi connectivity index (χ1n) is 12.0. The molecule has 2 atom stereocenters. The lowest BCUT2D eigenvalue weighted by atomic mass is 10.0. The number of benzene rings is 2. The van der Waals surface area contributed by atoms with Crippen LogP contribution < -0.4 is 10.9 Å². The molecule has 1 amide bonds. The van der Waals surface area contributed by atoms with Crippen LogP contribution in [0, 0.1) is 17.5 Å². The molecule has 0 bridgehead atoms. The molecule has 1 aromatic heterocycles. The van der Waals surface area contributed by atoms with E-state index in [9.17, 15) is 37.8 Å². The smallest absolute Gasteiger partial charge is 0.292 e. The Morgan fingerprint density at radius 3 is 2.47 bits per heavy atom. The van der Waals surface area contributed by atoms with Gasteiger partial charge < -0.3 is 20.1 Å². The van der Waals surface area contributed by atoms with E-state index in [0.29, 0.717) is 37.0 Å². The zero-order valence-corrected chi connectivity index (χ0v) is 20.2. The van der Waals surface area contributed by atoms with Gasteiger partial charge >= 0.3 is 0 Å². The molecule has 0 unspecified atom stereocenters. The number of carbonyl (C=O) groups is 2. The van der Waals surface area contributed by atoms with E-state index in [2.05, 4.69) is 5.32 Å². The molecule has 0 radical (unpaired) electrons. The maximum atomic E-state index is 14.3. The fraction of sp³-hybridized carbons (Fsp3) is 0.250. The van der Waals surface area contributed by atoms with Gasteiger partial charge in [-0.25, -0.2) is 13.2 Å². The molecule has 1 saturated carbocycles. The summed E-state index contributed by atoms with van der Waals surface area (Å²) in [5.74, 6) is -5.17. The van der Waals surface area contributed by atoms with Crippen molar-refractivity contribution in [3.05, 3.63) is 111 Å². The Balaban J connectivity index is 1.69. The predicted octanol–water partition coefficient (Wildman–Crippen LogP) is 3.40. The molecule has 198 valence electrons. The fourth-order valence-electron chi connectivity index (χ4n) is 4.41. The largest absolute Gasteiger partial charge is 0.507 e. The normalized spacial score (nSPS) is 17.4. The highest BCUT2D eigenvalue weighted by atomic mass is 19.1. The molecule has 3 N–H and O–H groups in total. The highest BCUT2D eigenvalue weighted by Crippen LogP contribution is 2.20. The molecule has 1 heterocycles.